The summed E-state index contributed by atoms with van der Waals surface area (Å²) in [5.41, 5.74) is 5.35. The van der Waals surface area contributed by atoms with Gasteiger partial charge in [-0.3, -0.25) is 14.4 Å². The number of hydrogen-bond donors (Lipinski definition) is 3. The van der Waals surface area contributed by atoms with Crippen LogP contribution in [-0.4, -0.2) is 54.8 Å². The molecule has 0 radical (unpaired) electrons. The minimum absolute atomic E-state index is 0.00516. The molecule has 0 aromatic heterocycles. The number of carbonyl (C=O) groups excluding carboxylic acids is 3. The zero-order chi connectivity index (χ0) is 17.1. The van der Waals surface area contributed by atoms with Gasteiger partial charge >= 0.3 is 0 Å². The topological polar surface area (TPSA) is 105 Å². The molecule has 3 amide bonds. The fraction of sp³-hybridized carbons (Fsp3) is 0.812. The number of nitrogens with one attached hydrogen (secondary N) is 2. The first-order chi connectivity index (χ1) is 11.1. The summed E-state index contributed by atoms with van der Waals surface area (Å²) >= 11 is 0. The maximum atomic E-state index is 12.4. The Labute approximate surface area is 138 Å². The van der Waals surface area contributed by atoms with Gasteiger partial charge in [-0.05, 0) is 25.7 Å². The molecule has 0 aliphatic carbocycles. The van der Waals surface area contributed by atoms with Gasteiger partial charge in [0.15, 0.2) is 0 Å². The standard InChI is InChI=1S/C16H30N4O3/c1-2-10-18-14(21)6-7-16(23)20-11-4-3-5-13(20)12-19-15(22)8-9-17/h13H,2-12,17H2,1H3,(H,18,21)(H,19,22). The van der Waals surface area contributed by atoms with Crippen molar-refractivity contribution in [3.8, 4) is 0 Å². The highest BCUT2D eigenvalue weighted by Gasteiger charge is 2.26. The Balaban J connectivity index is 2.41. The van der Waals surface area contributed by atoms with E-state index in [1.165, 1.54) is 0 Å². The number of amides is 3. The molecule has 0 saturated carbocycles. The van der Waals surface area contributed by atoms with Crippen LogP contribution in [0, 0.1) is 0 Å². The molecule has 7 nitrogen and oxygen atoms in total. The van der Waals surface area contributed by atoms with Crippen LogP contribution in [0.3, 0.4) is 0 Å². The highest BCUT2D eigenvalue weighted by atomic mass is 16.2. The quantitative estimate of drug-likeness (QED) is 0.560. The molecule has 4 N–H and O–H groups in total. The number of piperidine rings is 1. The zero-order valence-electron chi connectivity index (χ0n) is 14.1. The van der Waals surface area contributed by atoms with E-state index in [0.717, 1.165) is 25.7 Å². The Hall–Kier alpha value is -1.63. The molecule has 0 spiro atoms. The Morgan fingerprint density at radius 1 is 1.09 bits per heavy atom. The molecule has 0 aromatic rings. The van der Waals surface area contributed by atoms with Crippen LogP contribution in [0.25, 0.3) is 0 Å². The van der Waals surface area contributed by atoms with Crippen LogP contribution >= 0.6 is 0 Å². The second kappa shape index (κ2) is 11.0. The van der Waals surface area contributed by atoms with Gasteiger partial charge in [-0.15, -0.1) is 0 Å². The normalized spacial score (nSPS) is 17.7. The molecule has 7 heteroatoms. The van der Waals surface area contributed by atoms with Crippen molar-refractivity contribution in [1.82, 2.24) is 15.5 Å². The molecule has 1 atom stereocenters. The molecular formula is C16H30N4O3. The lowest BCUT2D eigenvalue weighted by Crippen LogP contribution is -2.49. The SMILES string of the molecule is CCCNC(=O)CCC(=O)N1CCCCC1CNC(=O)CCN. The van der Waals surface area contributed by atoms with E-state index in [-0.39, 0.29) is 36.6 Å². The summed E-state index contributed by atoms with van der Waals surface area (Å²) in [6, 6.07) is 0.0247. The minimum Gasteiger partial charge on any atom is -0.356 e. The van der Waals surface area contributed by atoms with Crippen LogP contribution in [-0.2, 0) is 14.4 Å². The molecule has 1 heterocycles. The van der Waals surface area contributed by atoms with Crippen molar-refractivity contribution in [2.24, 2.45) is 5.73 Å². The lowest BCUT2D eigenvalue weighted by Gasteiger charge is -2.36. The Kier molecular flexibility index (Phi) is 9.28. The van der Waals surface area contributed by atoms with E-state index in [2.05, 4.69) is 10.6 Å². The molecule has 1 rings (SSSR count). The molecule has 132 valence electrons. The monoisotopic (exact) mass is 326 g/mol. The van der Waals surface area contributed by atoms with E-state index in [9.17, 15) is 14.4 Å². The van der Waals surface area contributed by atoms with Crippen molar-refractivity contribution >= 4 is 17.7 Å². The van der Waals surface area contributed by atoms with Gasteiger partial charge in [0, 0.05) is 51.5 Å². The van der Waals surface area contributed by atoms with E-state index in [1.54, 1.807) is 0 Å². The third-order valence-corrected chi connectivity index (χ3v) is 3.99. The van der Waals surface area contributed by atoms with Gasteiger partial charge in [-0.1, -0.05) is 6.92 Å². The van der Waals surface area contributed by atoms with E-state index < -0.39 is 0 Å². The van der Waals surface area contributed by atoms with Gasteiger partial charge in [-0.25, -0.2) is 0 Å². The maximum Gasteiger partial charge on any atom is 0.223 e. The first-order valence-corrected chi connectivity index (χ1v) is 8.61. The summed E-state index contributed by atoms with van der Waals surface area (Å²) in [5, 5.41) is 5.62. The van der Waals surface area contributed by atoms with E-state index >= 15 is 0 Å². The van der Waals surface area contributed by atoms with Crippen LogP contribution in [0.1, 0.15) is 51.9 Å². The number of carbonyl (C=O) groups is 3. The summed E-state index contributed by atoms with van der Waals surface area (Å²) in [6.07, 6.45) is 4.55. The average molecular weight is 326 g/mol. The first kappa shape index (κ1) is 19.4. The molecule has 1 aliphatic heterocycles. The van der Waals surface area contributed by atoms with Crippen LogP contribution in [0.2, 0.25) is 0 Å². The smallest absolute Gasteiger partial charge is 0.223 e. The Morgan fingerprint density at radius 3 is 2.52 bits per heavy atom. The molecule has 1 unspecified atom stereocenters. The van der Waals surface area contributed by atoms with Crippen molar-refractivity contribution in [2.45, 2.75) is 57.9 Å². The molecule has 0 bridgehead atoms. The summed E-state index contributed by atoms with van der Waals surface area (Å²) in [5.74, 6) is -0.163. The number of likely N-dealkylation sites (tertiary alicyclic amines) is 1. The van der Waals surface area contributed by atoms with Crippen LogP contribution in [0.15, 0.2) is 0 Å². The highest BCUT2D eigenvalue weighted by Crippen LogP contribution is 2.18. The van der Waals surface area contributed by atoms with Gasteiger partial charge in [-0.2, -0.15) is 0 Å². The van der Waals surface area contributed by atoms with Crippen LogP contribution in [0.5, 0.6) is 0 Å². The van der Waals surface area contributed by atoms with Gasteiger partial charge in [0.25, 0.3) is 0 Å². The summed E-state index contributed by atoms with van der Waals surface area (Å²) < 4.78 is 0. The van der Waals surface area contributed by atoms with E-state index in [4.69, 9.17) is 5.73 Å². The van der Waals surface area contributed by atoms with Crippen molar-refractivity contribution in [3.05, 3.63) is 0 Å². The summed E-state index contributed by atoms with van der Waals surface area (Å²) in [6.45, 7) is 4.13. The van der Waals surface area contributed by atoms with Crippen molar-refractivity contribution < 1.29 is 14.4 Å². The lowest BCUT2D eigenvalue weighted by atomic mass is 10.0. The summed E-state index contributed by atoms with van der Waals surface area (Å²) in [4.78, 5) is 37.3. The van der Waals surface area contributed by atoms with Crippen molar-refractivity contribution in [2.75, 3.05) is 26.2 Å². The number of hydrogen-bond acceptors (Lipinski definition) is 4. The molecular weight excluding hydrogens is 296 g/mol. The second-order valence-electron chi connectivity index (χ2n) is 5.93. The molecule has 0 aromatic carbocycles. The van der Waals surface area contributed by atoms with Gasteiger partial charge < -0.3 is 21.3 Å². The minimum atomic E-state index is -0.0792. The predicted octanol–water partition coefficient (Wildman–Crippen LogP) is 0.139. The molecule has 1 aliphatic rings. The predicted molar refractivity (Wildman–Crippen MR) is 88.6 cm³/mol. The number of nitrogens with two attached hydrogens (primary N) is 1. The van der Waals surface area contributed by atoms with Crippen LogP contribution < -0.4 is 16.4 Å². The Morgan fingerprint density at radius 2 is 1.83 bits per heavy atom. The number of nitrogens with zero attached hydrogens (tertiary/aromatic N) is 1. The van der Waals surface area contributed by atoms with Gasteiger partial charge in [0.05, 0.1) is 0 Å². The largest absolute Gasteiger partial charge is 0.356 e. The summed E-state index contributed by atoms with van der Waals surface area (Å²) in [7, 11) is 0. The fourth-order valence-corrected chi connectivity index (χ4v) is 2.71. The van der Waals surface area contributed by atoms with Gasteiger partial charge in [0.2, 0.25) is 17.7 Å². The van der Waals surface area contributed by atoms with Crippen molar-refractivity contribution in [1.29, 1.82) is 0 Å². The Bertz CT molecular complexity index is 401. The third kappa shape index (κ3) is 7.45. The zero-order valence-corrected chi connectivity index (χ0v) is 14.1. The van der Waals surface area contributed by atoms with Crippen molar-refractivity contribution in [3.63, 3.8) is 0 Å². The van der Waals surface area contributed by atoms with E-state index in [1.807, 2.05) is 11.8 Å². The lowest BCUT2D eigenvalue weighted by molar-refractivity contribution is -0.137. The maximum absolute atomic E-state index is 12.4. The second-order valence-corrected chi connectivity index (χ2v) is 5.93. The molecule has 1 saturated heterocycles. The van der Waals surface area contributed by atoms with E-state index in [0.29, 0.717) is 32.6 Å². The number of rotatable bonds is 9. The first-order valence-electron chi connectivity index (χ1n) is 8.61. The molecule has 1 fully saturated rings. The fourth-order valence-electron chi connectivity index (χ4n) is 2.71. The van der Waals surface area contributed by atoms with Gasteiger partial charge in [0.1, 0.15) is 0 Å². The highest BCUT2D eigenvalue weighted by molar-refractivity contribution is 5.84. The average Bonchev–Trinajstić information content (AvgIpc) is 2.56. The van der Waals surface area contributed by atoms with Crippen LogP contribution in [0.4, 0.5) is 0 Å². The molecule has 23 heavy (non-hydrogen) atoms. The third-order valence-electron chi connectivity index (χ3n) is 3.99.